The van der Waals surface area contributed by atoms with Crippen LogP contribution in [0.25, 0.3) is 0 Å². The molecule has 0 radical (unpaired) electrons. The fourth-order valence-electron chi connectivity index (χ4n) is 4.10. The van der Waals surface area contributed by atoms with Gasteiger partial charge in [0.2, 0.25) is 5.91 Å². The quantitative estimate of drug-likeness (QED) is 0.817. The monoisotopic (exact) mass is 364 g/mol. The normalized spacial score (nSPS) is 23.3. The van der Waals surface area contributed by atoms with Gasteiger partial charge in [-0.15, -0.1) is 0 Å². The Labute approximate surface area is 159 Å². The van der Waals surface area contributed by atoms with E-state index in [0.717, 1.165) is 17.8 Å². The molecule has 3 heterocycles. The summed E-state index contributed by atoms with van der Waals surface area (Å²) in [5.74, 6) is 0.0617. The molecule has 0 unspecified atom stereocenters. The fourth-order valence-corrected chi connectivity index (χ4v) is 4.10. The van der Waals surface area contributed by atoms with E-state index in [2.05, 4.69) is 9.88 Å². The van der Waals surface area contributed by atoms with Crippen molar-refractivity contribution in [1.29, 1.82) is 0 Å². The van der Waals surface area contributed by atoms with Gasteiger partial charge < -0.3 is 9.80 Å². The van der Waals surface area contributed by atoms with Gasteiger partial charge in [0, 0.05) is 31.0 Å². The second-order valence-corrected chi connectivity index (χ2v) is 7.54. The number of carbonyl (C=O) groups is 2. The summed E-state index contributed by atoms with van der Waals surface area (Å²) in [5.41, 5.74) is 2.02. The van der Waals surface area contributed by atoms with Crippen molar-refractivity contribution in [3.8, 4) is 0 Å². The summed E-state index contributed by atoms with van der Waals surface area (Å²) in [7, 11) is 1.99. The molecule has 1 aromatic carbocycles. The number of piperazine rings is 1. The number of rotatable bonds is 2. The van der Waals surface area contributed by atoms with Crippen LogP contribution in [0.4, 0.5) is 5.69 Å². The Morgan fingerprint density at radius 1 is 1.07 bits per heavy atom. The molecule has 6 heteroatoms. The standard InChI is InChI=1S/C21H24N4O2/c1-16-7-6-10-18(22-16)20(27)24-12-11-21(14-24)15-25(19(26)13-23(21)2)17-8-4-3-5-9-17/h3-10H,11-15H2,1-2H3/t21-/m0/s1. The van der Waals surface area contributed by atoms with Gasteiger partial charge in [0.1, 0.15) is 5.69 Å². The van der Waals surface area contributed by atoms with Crippen LogP contribution in [-0.2, 0) is 4.79 Å². The van der Waals surface area contributed by atoms with Gasteiger partial charge in [0.05, 0.1) is 12.1 Å². The van der Waals surface area contributed by atoms with E-state index in [0.29, 0.717) is 31.9 Å². The zero-order valence-electron chi connectivity index (χ0n) is 15.8. The summed E-state index contributed by atoms with van der Waals surface area (Å²) in [6.07, 6.45) is 0.845. The molecule has 2 saturated heterocycles. The molecule has 2 amide bonds. The van der Waals surface area contributed by atoms with Crippen molar-refractivity contribution in [2.45, 2.75) is 18.9 Å². The lowest BCUT2D eigenvalue weighted by Crippen LogP contribution is -2.64. The maximum Gasteiger partial charge on any atom is 0.272 e. The smallest absolute Gasteiger partial charge is 0.272 e. The molecule has 2 fully saturated rings. The molecule has 1 aromatic heterocycles. The van der Waals surface area contributed by atoms with Gasteiger partial charge in [0.15, 0.2) is 0 Å². The van der Waals surface area contributed by atoms with Crippen LogP contribution in [0.2, 0.25) is 0 Å². The number of amides is 2. The molecule has 1 spiro atoms. The Hall–Kier alpha value is -2.73. The molecular formula is C21H24N4O2. The molecule has 0 bridgehead atoms. The van der Waals surface area contributed by atoms with E-state index in [9.17, 15) is 9.59 Å². The Balaban J connectivity index is 1.56. The van der Waals surface area contributed by atoms with Crippen molar-refractivity contribution in [1.82, 2.24) is 14.8 Å². The second-order valence-electron chi connectivity index (χ2n) is 7.54. The Morgan fingerprint density at radius 2 is 1.85 bits per heavy atom. The molecule has 0 aliphatic carbocycles. The number of benzene rings is 1. The predicted molar refractivity (Wildman–Crippen MR) is 104 cm³/mol. The molecule has 27 heavy (non-hydrogen) atoms. The Kier molecular flexibility index (Phi) is 4.44. The van der Waals surface area contributed by atoms with E-state index in [1.54, 1.807) is 6.07 Å². The van der Waals surface area contributed by atoms with Crippen LogP contribution in [-0.4, -0.2) is 65.4 Å². The van der Waals surface area contributed by atoms with E-state index in [1.807, 2.05) is 66.2 Å². The van der Waals surface area contributed by atoms with Gasteiger partial charge in [-0.25, -0.2) is 4.98 Å². The summed E-state index contributed by atoms with van der Waals surface area (Å²) in [4.78, 5) is 35.7. The minimum Gasteiger partial charge on any atom is -0.335 e. The number of likely N-dealkylation sites (tertiary alicyclic amines) is 1. The minimum absolute atomic E-state index is 0.0351. The molecule has 0 saturated carbocycles. The number of hydrogen-bond donors (Lipinski definition) is 0. The number of anilines is 1. The third-order valence-corrected chi connectivity index (χ3v) is 5.73. The molecule has 4 rings (SSSR count). The lowest BCUT2D eigenvalue weighted by molar-refractivity contribution is -0.123. The molecule has 1 atom stereocenters. The third kappa shape index (κ3) is 3.21. The molecule has 140 valence electrons. The second kappa shape index (κ2) is 6.78. The number of para-hydroxylation sites is 1. The highest BCUT2D eigenvalue weighted by molar-refractivity contribution is 5.96. The highest BCUT2D eigenvalue weighted by Gasteiger charge is 2.48. The first-order valence-electron chi connectivity index (χ1n) is 9.28. The molecule has 6 nitrogen and oxygen atoms in total. The van der Waals surface area contributed by atoms with E-state index < -0.39 is 0 Å². The molecule has 2 aliphatic rings. The molecular weight excluding hydrogens is 340 g/mol. The largest absolute Gasteiger partial charge is 0.335 e. The first-order chi connectivity index (χ1) is 13.0. The Morgan fingerprint density at radius 3 is 2.59 bits per heavy atom. The van der Waals surface area contributed by atoms with Crippen LogP contribution >= 0.6 is 0 Å². The number of pyridine rings is 1. The van der Waals surface area contributed by atoms with Gasteiger partial charge in [-0.2, -0.15) is 0 Å². The number of carbonyl (C=O) groups excluding carboxylic acids is 2. The first kappa shape index (κ1) is 17.7. The summed E-state index contributed by atoms with van der Waals surface area (Å²) >= 11 is 0. The van der Waals surface area contributed by atoms with Gasteiger partial charge in [-0.3, -0.25) is 14.5 Å². The average Bonchev–Trinajstić information content (AvgIpc) is 3.10. The topological polar surface area (TPSA) is 56.8 Å². The van der Waals surface area contributed by atoms with Crippen molar-refractivity contribution in [2.75, 3.05) is 38.1 Å². The van der Waals surface area contributed by atoms with Crippen LogP contribution < -0.4 is 4.90 Å². The average molecular weight is 364 g/mol. The van der Waals surface area contributed by atoms with E-state index in [4.69, 9.17) is 0 Å². The maximum atomic E-state index is 12.9. The summed E-state index contributed by atoms with van der Waals surface area (Å²) < 4.78 is 0. The van der Waals surface area contributed by atoms with E-state index in [-0.39, 0.29) is 17.4 Å². The highest BCUT2D eigenvalue weighted by atomic mass is 16.2. The Bertz CT molecular complexity index is 869. The lowest BCUT2D eigenvalue weighted by atomic mass is 9.92. The van der Waals surface area contributed by atoms with Crippen molar-refractivity contribution in [3.63, 3.8) is 0 Å². The fraction of sp³-hybridized carbons (Fsp3) is 0.381. The van der Waals surface area contributed by atoms with E-state index >= 15 is 0 Å². The van der Waals surface area contributed by atoms with Crippen molar-refractivity contribution < 1.29 is 9.59 Å². The van der Waals surface area contributed by atoms with Crippen molar-refractivity contribution >= 4 is 17.5 Å². The van der Waals surface area contributed by atoms with Gasteiger partial charge in [0.25, 0.3) is 5.91 Å². The highest BCUT2D eigenvalue weighted by Crippen LogP contribution is 2.33. The number of aromatic nitrogens is 1. The molecule has 2 aliphatic heterocycles. The van der Waals surface area contributed by atoms with Crippen LogP contribution in [0.1, 0.15) is 22.6 Å². The molecule has 2 aromatic rings. The number of aryl methyl sites for hydroxylation is 1. The van der Waals surface area contributed by atoms with Crippen molar-refractivity contribution in [2.24, 2.45) is 0 Å². The van der Waals surface area contributed by atoms with Crippen molar-refractivity contribution in [3.05, 3.63) is 59.9 Å². The van der Waals surface area contributed by atoms with E-state index in [1.165, 1.54) is 0 Å². The number of nitrogens with zero attached hydrogens (tertiary/aromatic N) is 4. The number of hydrogen-bond acceptors (Lipinski definition) is 4. The maximum absolute atomic E-state index is 12.9. The molecule has 0 N–H and O–H groups in total. The first-order valence-corrected chi connectivity index (χ1v) is 9.28. The summed E-state index contributed by atoms with van der Waals surface area (Å²) in [6.45, 7) is 4.13. The van der Waals surface area contributed by atoms with Gasteiger partial charge in [-0.1, -0.05) is 24.3 Å². The summed E-state index contributed by atoms with van der Waals surface area (Å²) in [5, 5.41) is 0. The van der Waals surface area contributed by atoms with Crippen LogP contribution in [0.3, 0.4) is 0 Å². The zero-order chi connectivity index (χ0) is 19.0. The summed E-state index contributed by atoms with van der Waals surface area (Å²) in [6, 6.07) is 15.3. The SMILES string of the molecule is Cc1cccc(C(=O)N2CC[C@]3(C2)CN(c2ccccc2)C(=O)CN3C)n1. The predicted octanol–water partition coefficient (Wildman–Crippen LogP) is 1.95. The number of likely N-dealkylation sites (N-methyl/N-ethyl adjacent to an activating group) is 1. The van der Waals surface area contributed by atoms with Crippen LogP contribution in [0, 0.1) is 6.92 Å². The minimum atomic E-state index is -0.219. The lowest BCUT2D eigenvalue weighted by Gasteiger charge is -2.46. The van der Waals surface area contributed by atoms with Crippen LogP contribution in [0.5, 0.6) is 0 Å². The van der Waals surface area contributed by atoms with Gasteiger partial charge >= 0.3 is 0 Å². The van der Waals surface area contributed by atoms with Crippen LogP contribution in [0.15, 0.2) is 48.5 Å². The van der Waals surface area contributed by atoms with Gasteiger partial charge in [-0.05, 0) is 44.7 Å². The zero-order valence-corrected chi connectivity index (χ0v) is 15.8. The third-order valence-electron chi connectivity index (χ3n) is 5.73.